The van der Waals surface area contributed by atoms with Crippen molar-refractivity contribution in [1.82, 2.24) is 15.0 Å². The number of carbonyl (C=O) groups is 1. The van der Waals surface area contributed by atoms with E-state index < -0.39 is 5.60 Å². The number of piperidine rings is 1. The number of nitrogens with two attached hydrogens (primary N) is 1. The van der Waals surface area contributed by atoms with Gasteiger partial charge in [-0.1, -0.05) is 13.8 Å². The van der Waals surface area contributed by atoms with E-state index in [9.17, 15) is 4.79 Å². The summed E-state index contributed by atoms with van der Waals surface area (Å²) >= 11 is 0. The molecular weight excluding hydrogens is 272 g/mol. The van der Waals surface area contributed by atoms with Crippen molar-refractivity contribution in [2.75, 3.05) is 18.8 Å². The Labute approximate surface area is 125 Å². The molecule has 1 saturated heterocycles. The van der Waals surface area contributed by atoms with Crippen molar-refractivity contribution in [3.63, 3.8) is 0 Å². The number of nitrogen functional groups attached to an aromatic ring is 1. The van der Waals surface area contributed by atoms with Crippen LogP contribution in [0.5, 0.6) is 0 Å². The van der Waals surface area contributed by atoms with Gasteiger partial charge in [0.2, 0.25) is 5.89 Å². The van der Waals surface area contributed by atoms with E-state index >= 15 is 0 Å². The Morgan fingerprint density at radius 3 is 2.62 bits per heavy atom. The maximum Gasteiger partial charge on any atom is 0.410 e. The summed E-state index contributed by atoms with van der Waals surface area (Å²) in [5.41, 5.74) is 4.95. The zero-order chi connectivity index (χ0) is 16.0. The topological polar surface area (TPSA) is 94.5 Å². The van der Waals surface area contributed by atoms with Crippen molar-refractivity contribution in [2.45, 2.75) is 59.0 Å². The van der Waals surface area contributed by atoms with E-state index in [0.717, 1.165) is 12.8 Å². The monoisotopic (exact) mass is 298 g/mol. The molecule has 2 heterocycles. The number of carbonyl (C=O) groups excluding carboxylic acids is 1. The molecule has 7 nitrogen and oxygen atoms in total. The molecule has 1 aromatic heterocycles. The van der Waals surface area contributed by atoms with Crippen LogP contribution >= 0.6 is 0 Å². The van der Waals surface area contributed by atoms with Gasteiger partial charge in [0.25, 0.3) is 5.95 Å². The molecule has 1 aliphatic heterocycles. The SMILES string of the molecule is CC.CC(C)(C)OC(=O)N1CCCC(c2nc(N)no2)C1. The first kappa shape index (κ1) is 17.3. The summed E-state index contributed by atoms with van der Waals surface area (Å²) in [6.07, 6.45) is 1.48. The van der Waals surface area contributed by atoms with Crippen LogP contribution in [0.2, 0.25) is 0 Å². The number of ether oxygens (including phenoxy) is 1. The Bertz CT molecular complexity index is 453. The summed E-state index contributed by atoms with van der Waals surface area (Å²) in [6, 6.07) is 0. The zero-order valence-corrected chi connectivity index (χ0v) is 13.5. The molecule has 0 spiro atoms. The van der Waals surface area contributed by atoms with Gasteiger partial charge in [0, 0.05) is 13.1 Å². The third kappa shape index (κ3) is 5.24. The molecule has 0 radical (unpaired) electrons. The molecular formula is C14H26N4O3. The third-order valence-corrected chi connectivity index (χ3v) is 2.88. The van der Waals surface area contributed by atoms with Gasteiger partial charge in [-0.15, -0.1) is 0 Å². The second kappa shape index (κ2) is 7.28. The lowest BCUT2D eigenvalue weighted by Gasteiger charge is -2.32. The number of nitrogens with zero attached hydrogens (tertiary/aromatic N) is 3. The second-order valence-electron chi connectivity index (χ2n) is 5.76. The van der Waals surface area contributed by atoms with Crippen molar-refractivity contribution >= 4 is 12.0 Å². The van der Waals surface area contributed by atoms with Gasteiger partial charge in [-0.05, 0) is 38.8 Å². The van der Waals surface area contributed by atoms with Gasteiger partial charge in [0.1, 0.15) is 5.60 Å². The van der Waals surface area contributed by atoms with Gasteiger partial charge in [0.15, 0.2) is 0 Å². The lowest BCUT2D eigenvalue weighted by atomic mass is 9.98. The molecule has 120 valence electrons. The van der Waals surface area contributed by atoms with E-state index in [0.29, 0.717) is 19.0 Å². The van der Waals surface area contributed by atoms with Gasteiger partial charge in [-0.25, -0.2) is 4.79 Å². The van der Waals surface area contributed by atoms with Gasteiger partial charge in [-0.3, -0.25) is 0 Å². The molecule has 1 atom stereocenters. The Hall–Kier alpha value is -1.79. The van der Waals surface area contributed by atoms with E-state index in [1.165, 1.54) is 0 Å². The van der Waals surface area contributed by atoms with Gasteiger partial charge in [-0.2, -0.15) is 4.98 Å². The van der Waals surface area contributed by atoms with Crippen LogP contribution in [0.15, 0.2) is 4.52 Å². The molecule has 7 heteroatoms. The van der Waals surface area contributed by atoms with Crippen molar-refractivity contribution in [3.8, 4) is 0 Å². The quantitative estimate of drug-likeness (QED) is 0.856. The van der Waals surface area contributed by atoms with Crippen LogP contribution in [0.25, 0.3) is 0 Å². The Balaban J connectivity index is 0.00000106. The molecule has 1 amide bonds. The summed E-state index contributed by atoms with van der Waals surface area (Å²) < 4.78 is 10.4. The summed E-state index contributed by atoms with van der Waals surface area (Å²) in [7, 11) is 0. The highest BCUT2D eigenvalue weighted by Gasteiger charge is 2.30. The standard InChI is InChI=1S/C12H20N4O3.C2H6/c1-12(2,3)18-11(17)16-6-4-5-8(7-16)9-14-10(13)15-19-9;1-2/h8H,4-7H2,1-3H3,(H2,13,15);1-2H3. The number of hydrogen-bond acceptors (Lipinski definition) is 6. The van der Waals surface area contributed by atoms with Crippen LogP contribution in [0, 0.1) is 0 Å². The van der Waals surface area contributed by atoms with E-state index in [1.54, 1.807) is 4.90 Å². The highest BCUT2D eigenvalue weighted by atomic mass is 16.6. The summed E-state index contributed by atoms with van der Waals surface area (Å²) in [5, 5.41) is 3.58. The number of likely N-dealkylation sites (tertiary alicyclic amines) is 1. The molecule has 0 aromatic carbocycles. The van der Waals surface area contributed by atoms with Crippen molar-refractivity contribution < 1.29 is 14.1 Å². The molecule has 1 aliphatic rings. The van der Waals surface area contributed by atoms with Crippen LogP contribution in [0.3, 0.4) is 0 Å². The van der Waals surface area contributed by atoms with Crippen LogP contribution in [-0.2, 0) is 4.74 Å². The van der Waals surface area contributed by atoms with E-state index in [4.69, 9.17) is 15.0 Å². The minimum Gasteiger partial charge on any atom is -0.444 e. The Morgan fingerprint density at radius 2 is 2.10 bits per heavy atom. The molecule has 0 aliphatic carbocycles. The van der Waals surface area contributed by atoms with Crippen LogP contribution < -0.4 is 5.73 Å². The first-order valence-electron chi connectivity index (χ1n) is 7.42. The minimum atomic E-state index is -0.487. The van der Waals surface area contributed by atoms with Crippen LogP contribution in [-0.4, -0.2) is 39.8 Å². The Morgan fingerprint density at radius 1 is 1.43 bits per heavy atom. The zero-order valence-electron chi connectivity index (χ0n) is 13.5. The number of amides is 1. The summed E-state index contributed by atoms with van der Waals surface area (Å²) in [5.74, 6) is 0.654. The van der Waals surface area contributed by atoms with Crippen LogP contribution in [0.1, 0.15) is 59.3 Å². The molecule has 1 fully saturated rings. The first-order valence-corrected chi connectivity index (χ1v) is 7.42. The molecule has 1 aromatic rings. The number of anilines is 1. The highest BCUT2D eigenvalue weighted by molar-refractivity contribution is 5.68. The van der Waals surface area contributed by atoms with Crippen molar-refractivity contribution in [3.05, 3.63) is 5.89 Å². The third-order valence-electron chi connectivity index (χ3n) is 2.88. The van der Waals surface area contributed by atoms with Gasteiger partial charge in [0.05, 0.1) is 5.92 Å². The van der Waals surface area contributed by atoms with Gasteiger partial charge < -0.3 is 19.9 Å². The lowest BCUT2D eigenvalue weighted by molar-refractivity contribution is 0.0189. The molecule has 2 rings (SSSR count). The van der Waals surface area contributed by atoms with Gasteiger partial charge >= 0.3 is 6.09 Å². The highest BCUT2D eigenvalue weighted by Crippen LogP contribution is 2.26. The van der Waals surface area contributed by atoms with Crippen LogP contribution in [0.4, 0.5) is 10.7 Å². The first-order chi connectivity index (χ1) is 9.85. The second-order valence-corrected chi connectivity index (χ2v) is 5.76. The maximum absolute atomic E-state index is 12.0. The van der Waals surface area contributed by atoms with E-state index in [-0.39, 0.29) is 18.0 Å². The van der Waals surface area contributed by atoms with E-state index in [1.807, 2.05) is 34.6 Å². The van der Waals surface area contributed by atoms with Crippen molar-refractivity contribution in [1.29, 1.82) is 0 Å². The lowest BCUT2D eigenvalue weighted by Crippen LogP contribution is -2.42. The fraction of sp³-hybridized carbons (Fsp3) is 0.786. The molecule has 1 unspecified atom stereocenters. The normalized spacial score (nSPS) is 18.7. The average Bonchev–Trinajstić information content (AvgIpc) is 2.86. The van der Waals surface area contributed by atoms with E-state index in [2.05, 4.69) is 10.1 Å². The molecule has 0 saturated carbocycles. The number of rotatable bonds is 1. The fourth-order valence-electron chi connectivity index (χ4n) is 2.08. The summed E-state index contributed by atoms with van der Waals surface area (Å²) in [4.78, 5) is 17.7. The predicted molar refractivity (Wildman–Crippen MR) is 79.8 cm³/mol. The molecule has 21 heavy (non-hydrogen) atoms. The predicted octanol–water partition coefficient (Wildman–Crippen LogP) is 2.79. The number of hydrogen-bond donors (Lipinski definition) is 1. The fourth-order valence-corrected chi connectivity index (χ4v) is 2.08. The number of aromatic nitrogens is 2. The molecule has 0 bridgehead atoms. The average molecular weight is 298 g/mol. The van der Waals surface area contributed by atoms with Crippen molar-refractivity contribution in [2.24, 2.45) is 0 Å². The maximum atomic E-state index is 12.0. The summed E-state index contributed by atoms with van der Waals surface area (Å²) in [6.45, 7) is 10.8. The Kier molecular flexibility index (Phi) is 5.99. The largest absolute Gasteiger partial charge is 0.444 e. The minimum absolute atomic E-state index is 0.0334. The smallest absolute Gasteiger partial charge is 0.410 e. The molecule has 2 N–H and O–H groups in total.